The van der Waals surface area contributed by atoms with Gasteiger partial charge in [-0.3, -0.25) is 4.79 Å². The summed E-state index contributed by atoms with van der Waals surface area (Å²) in [5.41, 5.74) is 1.83. The lowest BCUT2D eigenvalue weighted by molar-refractivity contribution is 0.0669. The van der Waals surface area contributed by atoms with Gasteiger partial charge in [-0.05, 0) is 37.9 Å². The molecule has 1 amide bonds. The Morgan fingerprint density at radius 1 is 1.39 bits per heavy atom. The molecule has 23 heavy (non-hydrogen) atoms. The van der Waals surface area contributed by atoms with Crippen LogP contribution in [0.25, 0.3) is 0 Å². The van der Waals surface area contributed by atoms with Crippen LogP contribution in [0.2, 0.25) is 0 Å². The second kappa shape index (κ2) is 7.70. The highest BCUT2D eigenvalue weighted by atomic mass is 32.1. The number of likely N-dealkylation sites (tertiary alicyclic amines) is 1. The molecular formula is C18H23N3OS. The van der Waals surface area contributed by atoms with Crippen LogP contribution in [0.5, 0.6) is 0 Å². The van der Waals surface area contributed by atoms with E-state index in [0.29, 0.717) is 11.6 Å². The van der Waals surface area contributed by atoms with E-state index >= 15 is 0 Å². The van der Waals surface area contributed by atoms with Gasteiger partial charge >= 0.3 is 0 Å². The van der Waals surface area contributed by atoms with Gasteiger partial charge in [-0.1, -0.05) is 30.3 Å². The Labute approximate surface area is 141 Å². The predicted octanol–water partition coefficient (Wildman–Crippen LogP) is 2.81. The van der Waals surface area contributed by atoms with Crippen molar-refractivity contribution >= 4 is 17.2 Å². The van der Waals surface area contributed by atoms with Crippen LogP contribution in [0.1, 0.15) is 33.9 Å². The Bertz CT molecular complexity index is 639. The summed E-state index contributed by atoms with van der Waals surface area (Å²) in [5.74, 6) is 0.640. The Hall–Kier alpha value is -1.72. The summed E-state index contributed by atoms with van der Waals surface area (Å²) in [6.07, 6.45) is 3.07. The van der Waals surface area contributed by atoms with Gasteiger partial charge in [0.25, 0.3) is 5.91 Å². The number of nitrogens with one attached hydrogen (secondary N) is 1. The SMILES string of the molecule is CNCC1CCCN(C(=O)c2csc(Cc3ccccc3)n2)C1. The van der Waals surface area contributed by atoms with Gasteiger partial charge in [0.2, 0.25) is 0 Å². The topological polar surface area (TPSA) is 45.2 Å². The molecule has 1 aromatic heterocycles. The summed E-state index contributed by atoms with van der Waals surface area (Å²) in [6.45, 7) is 2.66. The summed E-state index contributed by atoms with van der Waals surface area (Å²) < 4.78 is 0. The summed E-state index contributed by atoms with van der Waals surface area (Å²) >= 11 is 1.58. The van der Waals surface area contributed by atoms with Gasteiger partial charge in [0.1, 0.15) is 5.69 Å². The smallest absolute Gasteiger partial charge is 0.273 e. The minimum absolute atomic E-state index is 0.0846. The molecule has 1 saturated heterocycles. The van der Waals surface area contributed by atoms with E-state index in [2.05, 4.69) is 22.4 Å². The maximum Gasteiger partial charge on any atom is 0.273 e. The van der Waals surface area contributed by atoms with Gasteiger partial charge in [0, 0.05) is 24.9 Å². The van der Waals surface area contributed by atoms with Crippen molar-refractivity contribution in [3.8, 4) is 0 Å². The molecule has 2 aromatic rings. The number of hydrogen-bond donors (Lipinski definition) is 1. The van der Waals surface area contributed by atoms with E-state index in [1.165, 1.54) is 12.0 Å². The standard InChI is InChI=1S/C18H23N3OS/c1-19-11-15-8-5-9-21(12-15)18(22)16-13-23-17(20-16)10-14-6-3-2-4-7-14/h2-4,6-7,13,15,19H,5,8-12H2,1H3. The van der Waals surface area contributed by atoms with Crippen molar-refractivity contribution < 1.29 is 4.79 Å². The van der Waals surface area contributed by atoms with Crippen molar-refractivity contribution in [1.29, 1.82) is 0 Å². The third-order valence-electron chi connectivity index (χ3n) is 4.27. The average Bonchev–Trinajstić information content (AvgIpc) is 3.04. The van der Waals surface area contributed by atoms with E-state index in [-0.39, 0.29) is 5.91 Å². The molecule has 1 aromatic carbocycles. The minimum atomic E-state index is 0.0846. The summed E-state index contributed by atoms with van der Waals surface area (Å²) in [5, 5.41) is 6.12. The van der Waals surface area contributed by atoms with E-state index in [0.717, 1.165) is 37.5 Å². The molecule has 122 valence electrons. The molecule has 0 spiro atoms. The van der Waals surface area contributed by atoms with Crippen LogP contribution in [-0.4, -0.2) is 42.5 Å². The normalized spacial score (nSPS) is 18.1. The maximum absolute atomic E-state index is 12.7. The molecule has 0 bridgehead atoms. The van der Waals surface area contributed by atoms with Crippen molar-refractivity contribution in [3.63, 3.8) is 0 Å². The number of hydrogen-bond acceptors (Lipinski definition) is 4. The lowest BCUT2D eigenvalue weighted by Gasteiger charge is -2.32. The number of piperidine rings is 1. The van der Waals surface area contributed by atoms with Crippen LogP contribution in [0.3, 0.4) is 0 Å². The highest BCUT2D eigenvalue weighted by Gasteiger charge is 2.25. The quantitative estimate of drug-likeness (QED) is 0.917. The molecule has 0 radical (unpaired) electrons. The maximum atomic E-state index is 12.7. The first-order valence-electron chi connectivity index (χ1n) is 8.18. The third-order valence-corrected chi connectivity index (χ3v) is 5.12. The van der Waals surface area contributed by atoms with Crippen LogP contribution in [0, 0.1) is 5.92 Å². The molecule has 2 heterocycles. The van der Waals surface area contributed by atoms with E-state index < -0.39 is 0 Å². The van der Waals surface area contributed by atoms with Crippen LogP contribution in [0.15, 0.2) is 35.7 Å². The molecule has 1 aliphatic rings. The number of aromatic nitrogens is 1. The molecule has 1 aliphatic heterocycles. The molecule has 4 nitrogen and oxygen atoms in total. The molecule has 1 N–H and O–H groups in total. The molecule has 1 unspecified atom stereocenters. The number of carbonyl (C=O) groups excluding carboxylic acids is 1. The summed E-state index contributed by atoms with van der Waals surface area (Å²) in [6, 6.07) is 10.3. The first-order valence-corrected chi connectivity index (χ1v) is 9.06. The Balaban J connectivity index is 1.64. The van der Waals surface area contributed by atoms with Crippen LogP contribution in [0.4, 0.5) is 0 Å². The largest absolute Gasteiger partial charge is 0.337 e. The Kier molecular flexibility index (Phi) is 5.41. The molecule has 1 atom stereocenters. The van der Waals surface area contributed by atoms with Crippen molar-refractivity contribution in [2.45, 2.75) is 19.3 Å². The van der Waals surface area contributed by atoms with E-state index in [4.69, 9.17) is 0 Å². The van der Waals surface area contributed by atoms with Crippen molar-refractivity contribution in [2.24, 2.45) is 5.92 Å². The zero-order valence-electron chi connectivity index (χ0n) is 13.5. The molecule has 1 fully saturated rings. The summed E-state index contributed by atoms with van der Waals surface area (Å²) in [4.78, 5) is 19.2. The van der Waals surface area contributed by atoms with Gasteiger partial charge in [0.05, 0.1) is 5.01 Å². The predicted molar refractivity (Wildman–Crippen MR) is 93.9 cm³/mol. The number of rotatable bonds is 5. The van der Waals surface area contributed by atoms with Crippen molar-refractivity contribution in [1.82, 2.24) is 15.2 Å². The monoisotopic (exact) mass is 329 g/mol. The van der Waals surface area contributed by atoms with Gasteiger partial charge < -0.3 is 10.2 Å². The number of thiazole rings is 1. The fourth-order valence-electron chi connectivity index (χ4n) is 3.13. The highest BCUT2D eigenvalue weighted by molar-refractivity contribution is 7.09. The fraction of sp³-hybridized carbons (Fsp3) is 0.444. The third kappa shape index (κ3) is 4.18. The Morgan fingerprint density at radius 2 is 2.22 bits per heavy atom. The van der Waals surface area contributed by atoms with Gasteiger partial charge in [-0.25, -0.2) is 4.98 Å². The minimum Gasteiger partial charge on any atom is -0.337 e. The molecule has 0 saturated carbocycles. The second-order valence-electron chi connectivity index (χ2n) is 6.11. The van der Waals surface area contributed by atoms with Crippen LogP contribution < -0.4 is 5.32 Å². The first-order chi connectivity index (χ1) is 11.3. The number of amides is 1. The van der Waals surface area contributed by atoms with Crippen molar-refractivity contribution in [2.75, 3.05) is 26.7 Å². The zero-order chi connectivity index (χ0) is 16.1. The number of carbonyl (C=O) groups is 1. The van der Waals surface area contributed by atoms with Crippen LogP contribution >= 0.6 is 11.3 Å². The molecule has 3 rings (SSSR count). The number of nitrogens with zero attached hydrogens (tertiary/aromatic N) is 2. The lowest BCUT2D eigenvalue weighted by atomic mass is 9.98. The zero-order valence-corrected chi connectivity index (χ0v) is 14.3. The van der Waals surface area contributed by atoms with Gasteiger partial charge in [0.15, 0.2) is 0 Å². The number of benzene rings is 1. The van der Waals surface area contributed by atoms with Crippen LogP contribution in [-0.2, 0) is 6.42 Å². The van der Waals surface area contributed by atoms with E-state index in [1.54, 1.807) is 11.3 Å². The fourth-order valence-corrected chi connectivity index (χ4v) is 3.93. The second-order valence-corrected chi connectivity index (χ2v) is 7.05. The molecule has 0 aliphatic carbocycles. The van der Waals surface area contributed by atoms with Gasteiger partial charge in [-0.2, -0.15) is 0 Å². The Morgan fingerprint density at radius 3 is 3.00 bits per heavy atom. The van der Waals surface area contributed by atoms with Crippen molar-refractivity contribution in [3.05, 3.63) is 52.0 Å². The average molecular weight is 329 g/mol. The lowest BCUT2D eigenvalue weighted by Crippen LogP contribution is -2.42. The van der Waals surface area contributed by atoms with E-state index in [9.17, 15) is 4.79 Å². The van der Waals surface area contributed by atoms with Gasteiger partial charge in [-0.15, -0.1) is 11.3 Å². The highest BCUT2D eigenvalue weighted by Crippen LogP contribution is 2.20. The molecule has 5 heteroatoms. The van der Waals surface area contributed by atoms with E-state index in [1.807, 2.05) is 35.5 Å². The molecular weight excluding hydrogens is 306 g/mol. The first kappa shape index (κ1) is 16.1. The summed E-state index contributed by atoms with van der Waals surface area (Å²) in [7, 11) is 1.97.